The van der Waals surface area contributed by atoms with Gasteiger partial charge in [0.2, 0.25) is 5.91 Å². The number of aryl methyl sites for hydroxylation is 2. The summed E-state index contributed by atoms with van der Waals surface area (Å²) in [5, 5.41) is 13.8. The quantitative estimate of drug-likeness (QED) is 0.565. The number of thiazole rings is 1. The van der Waals surface area contributed by atoms with Gasteiger partial charge in [-0.15, -0.1) is 21.5 Å². The Bertz CT molecular complexity index is 924. The Kier molecular flexibility index (Phi) is 6.13. The topological polar surface area (TPSA) is 67.8 Å². The number of carbonyl (C=O) groups excluding carboxylic acids is 1. The molecule has 1 aromatic carbocycles. The molecule has 0 spiro atoms. The molecule has 0 atom stereocenters. The first-order valence-electron chi connectivity index (χ1n) is 7.57. The molecule has 0 saturated carbocycles. The molecule has 2 heterocycles. The molecule has 1 N–H and O–H groups in total. The van der Waals surface area contributed by atoms with Crippen molar-refractivity contribution in [2.45, 2.75) is 18.9 Å². The largest absolute Gasteiger partial charge is 0.325 e. The lowest BCUT2D eigenvalue weighted by molar-refractivity contribution is -0.113. The molecule has 0 fully saturated rings. The summed E-state index contributed by atoms with van der Waals surface area (Å²) in [5.74, 6) is 0.0322. The van der Waals surface area contributed by atoms with E-state index >= 15 is 0 Å². The van der Waals surface area contributed by atoms with Crippen molar-refractivity contribution < 1.29 is 4.79 Å². The minimum absolute atomic E-state index is 0.173. The molecule has 0 aliphatic rings. The van der Waals surface area contributed by atoms with Crippen LogP contribution >= 0.6 is 46.3 Å². The first kappa shape index (κ1) is 19.1. The maximum absolute atomic E-state index is 12.1. The fourth-order valence-corrected chi connectivity index (χ4v) is 4.27. The molecule has 1 amide bonds. The summed E-state index contributed by atoms with van der Waals surface area (Å²) in [7, 11) is 0. The van der Waals surface area contributed by atoms with Gasteiger partial charge in [0.05, 0.1) is 21.3 Å². The fraction of sp³-hybridized carbons (Fsp3) is 0.176. The average Bonchev–Trinajstić information content (AvgIpc) is 2.91. The lowest BCUT2D eigenvalue weighted by Crippen LogP contribution is -2.14. The SMILES string of the molecule is Cc1nc(C)c(-c2ccc(SCC(=O)Nc3cc(Cl)cc(Cl)c3)nn2)s1. The van der Waals surface area contributed by atoms with Gasteiger partial charge < -0.3 is 5.32 Å². The number of aromatic nitrogens is 3. The summed E-state index contributed by atoms with van der Waals surface area (Å²) in [6.45, 7) is 3.92. The maximum atomic E-state index is 12.1. The van der Waals surface area contributed by atoms with Crippen molar-refractivity contribution in [3.8, 4) is 10.6 Å². The van der Waals surface area contributed by atoms with Crippen molar-refractivity contribution in [3.63, 3.8) is 0 Å². The molecule has 0 bridgehead atoms. The van der Waals surface area contributed by atoms with Crippen molar-refractivity contribution in [3.05, 3.63) is 51.1 Å². The van der Waals surface area contributed by atoms with Crippen LogP contribution in [0.25, 0.3) is 10.6 Å². The van der Waals surface area contributed by atoms with Gasteiger partial charge in [0.1, 0.15) is 10.7 Å². The molecule has 0 radical (unpaired) electrons. The van der Waals surface area contributed by atoms with E-state index in [-0.39, 0.29) is 11.7 Å². The fourth-order valence-electron chi connectivity index (χ4n) is 2.25. The van der Waals surface area contributed by atoms with Gasteiger partial charge >= 0.3 is 0 Å². The number of nitrogens with one attached hydrogen (secondary N) is 1. The van der Waals surface area contributed by atoms with E-state index in [9.17, 15) is 4.79 Å². The van der Waals surface area contributed by atoms with Crippen LogP contribution in [0.4, 0.5) is 5.69 Å². The first-order chi connectivity index (χ1) is 12.4. The summed E-state index contributed by atoms with van der Waals surface area (Å²) >= 11 is 14.7. The Morgan fingerprint density at radius 3 is 2.46 bits per heavy atom. The molecule has 3 aromatic rings. The van der Waals surface area contributed by atoms with Crippen molar-refractivity contribution in [2.24, 2.45) is 0 Å². The summed E-state index contributed by atoms with van der Waals surface area (Å²) in [6.07, 6.45) is 0. The molecule has 3 rings (SSSR count). The lowest BCUT2D eigenvalue weighted by atomic mass is 10.3. The van der Waals surface area contributed by atoms with Crippen LogP contribution in [0.15, 0.2) is 35.4 Å². The monoisotopic (exact) mass is 424 g/mol. The van der Waals surface area contributed by atoms with Crippen LogP contribution in [0.5, 0.6) is 0 Å². The van der Waals surface area contributed by atoms with Crippen molar-refractivity contribution in [1.82, 2.24) is 15.2 Å². The summed E-state index contributed by atoms with van der Waals surface area (Å²) in [5.41, 5.74) is 2.29. The smallest absolute Gasteiger partial charge is 0.234 e. The Balaban J connectivity index is 1.59. The summed E-state index contributed by atoms with van der Waals surface area (Å²) in [4.78, 5) is 17.5. The van der Waals surface area contributed by atoms with Crippen molar-refractivity contribution in [1.29, 1.82) is 0 Å². The van der Waals surface area contributed by atoms with Gasteiger partial charge in [-0.1, -0.05) is 35.0 Å². The number of thioether (sulfide) groups is 1. The second kappa shape index (κ2) is 8.35. The first-order valence-corrected chi connectivity index (χ1v) is 10.1. The van der Waals surface area contributed by atoms with Gasteiger partial charge in [-0.2, -0.15) is 0 Å². The minimum Gasteiger partial charge on any atom is -0.325 e. The molecule has 0 unspecified atom stereocenters. The second-order valence-corrected chi connectivity index (χ2v) is 8.47. The number of carbonyl (C=O) groups is 1. The third-order valence-corrected chi connectivity index (χ3v) is 5.73. The van der Waals surface area contributed by atoms with E-state index in [1.165, 1.54) is 11.8 Å². The standard InChI is InChI=1S/C17H14Cl2N4OS2/c1-9-17(26-10(2)20-9)14-3-4-16(23-22-14)25-8-15(24)21-13-6-11(18)5-12(19)7-13/h3-7H,8H2,1-2H3,(H,21,24). The molecule has 26 heavy (non-hydrogen) atoms. The predicted octanol–water partition coefficient (Wildman–Crippen LogP) is 5.25. The molecule has 9 heteroatoms. The van der Waals surface area contributed by atoms with Gasteiger partial charge in [-0.3, -0.25) is 4.79 Å². The van der Waals surface area contributed by atoms with E-state index in [4.69, 9.17) is 23.2 Å². The molecule has 0 aliphatic heterocycles. The Morgan fingerprint density at radius 2 is 1.88 bits per heavy atom. The van der Waals surface area contributed by atoms with Crippen LogP contribution in [0.3, 0.4) is 0 Å². The predicted molar refractivity (Wildman–Crippen MR) is 108 cm³/mol. The summed E-state index contributed by atoms with van der Waals surface area (Å²) < 4.78 is 0. The molecular weight excluding hydrogens is 411 g/mol. The Morgan fingerprint density at radius 1 is 1.15 bits per heavy atom. The number of nitrogens with zero attached hydrogens (tertiary/aromatic N) is 3. The molecule has 134 valence electrons. The van der Waals surface area contributed by atoms with Gasteiger partial charge in [-0.05, 0) is 44.2 Å². The van der Waals surface area contributed by atoms with E-state index in [1.54, 1.807) is 29.5 Å². The number of benzene rings is 1. The van der Waals surface area contributed by atoms with Gasteiger partial charge in [0, 0.05) is 15.7 Å². The normalized spacial score (nSPS) is 10.8. The van der Waals surface area contributed by atoms with E-state index in [1.807, 2.05) is 26.0 Å². The number of rotatable bonds is 5. The highest BCUT2D eigenvalue weighted by Gasteiger charge is 2.11. The molecule has 0 saturated heterocycles. The average molecular weight is 425 g/mol. The van der Waals surface area contributed by atoms with Crippen LogP contribution in [0, 0.1) is 13.8 Å². The van der Waals surface area contributed by atoms with Gasteiger partial charge in [0.25, 0.3) is 0 Å². The number of amides is 1. The van der Waals surface area contributed by atoms with Gasteiger partial charge in [-0.25, -0.2) is 4.98 Å². The zero-order valence-corrected chi connectivity index (χ0v) is 17.1. The van der Waals surface area contributed by atoms with E-state index in [2.05, 4.69) is 20.5 Å². The zero-order valence-electron chi connectivity index (χ0n) is 13.9. The molecule has 2 aromatic heterocycles. The maximum Gasteiger partial charge on any atom is 0.234 e. The highest BCUT2D eigenvalue weighted by Crippen LogP contribution is 2.28. The Hall–Kier alpha value is -1.67. The second-order valence-electron chi connectivity index (χ2n) is 5.40. The van der Waals surface area contributed by atoms with Crippen molar-refractivity contribution in [2.75, 3.05) is 11.1 Å². The van der Waals surface area contributed by atoms with Crippen LogP contribution < -0.4 is 5.32 Å². The van der Waals surface area contributed by atoms with Crippen LogP contribution in [0.2, 0.25) is 10.0 Å². The third-order valence-electron chi connectivity index (χ3n) is 3.27. The number of hydrogen-bond acceptors (Lipinski definition) is 6. The third kappa shape index (κ3) is 4.94. The van der Waals surface area contributed by atoms with E-state index < -0.39 is 0 Å². The number of halogens is 2. The zero-order chi connectivity index (χ0) is 18.7. The van der Waals surface area contributed by atoms with Gasteiger partial charge in [0.15, 0.2) is 0 Å². The summed E-state index contributed by atoms with van der Waals surface area (Å²) in [6, 6.07) is 8.64. The number of anilines is 1. The van der Waals surface area contributed by atoms with E-state index in [0.29, 0.717) is 20.8 Å². The lowest BCUT2D eigenvalue weighted by Gasteiger charge is -2.06. The van der Waals surface area contributed by atoms with Crippen LogP contribution in [-0.4, -0.2) is 26.8 Å². The molecular formula is C17H14Cl2N4OS2. The van der Waals surface area contributed by atoms with Crippen molar-refractivity contribution >= 4 is 57.9 Å². The molecule has 5 nitrogen and oxygen atoms in total. The molecule has 0 aliphatic carbocycles. The van der Waals surface area contributed by atoms with Crippen LogP contribution in [-0.2, 0) is 4.79 Å². The highest BCUT2D eigenvalue weighted by atomic mass is 35.5. The van der Waals surface area contributed by atoms with E-state index in [0.717, 1.165) is 21.3 Å². The number of hydrogen-bond donors (Lipinski definition) is 1. The minimum atomic E-state index is -0.173. The highest BCUT2D eigenvalue weighted by molar-refractivity contribution is 7.99. The Labute approximate surface area is 169 Å². The van der Waals surface area contributed by atoms with Crippen LogP contribution in [0.1, 0.15) is 10.7 Å².